The third-order valence-corrected chi connectivity index (χ3v) is 7.37. The van der Waals surface area contributed by atoms with Crippen LogP contribution in [0.2, 0.25) is 0 Å². The van der Waals surface area contributed by atoms with Gasteiger partial charge in [0.25, 0.3) is 0 Å². The van der Waals surface area contributed by atoms with Crippen molar-refractivity contribution in [3.8, 4) is 0 Å². The van der Waals surface area contributed by atoms with E-state index in [0.717, 1.165) is 11.1 Å². The van der Waals surface area contributed by atoms with Crippen molar-refractivity contribution < 1.29 is 19.2 Å². The fraction of sp³-hybridized carbons (Fsp3) is 0.105. The number of carbonyl (C=O) groups is 4. The van der Waals surface area contributed by atoms with Crippen molar-refractivity contribution in [2.45, 2.75) is 12.8 Å². The van der Waals surface area contributed by atoms with E-state index in [4.69, 9.17) is 0 Å². The van der Waals surface area contributed by atoms with Gasteiger partial charge in [-0.25, -0.2) is 0 Å². The SMILES string of the molecule is O=C(c1ccccc1)C(Cc1cccc(CC(C(=O)c2ccccc2)C(=O)c2ccccc2)c1)C(=O)c1ccccc1. The first-order chi connectivity index (χ1) is 20.5. The van der Waals surface area contributed by atoms with Crippen molar-refractivity contribution in [1.82, 2.24) is 0 Å². The molecule has 0 saturated heterocycles. The third kappa shape index (κ3) is 6.73. The number of Topliss-reactive ketones (excluding diaryl/α,β-unsaturated/α-hetero) is 4. The monoisotopic (exact) mass is 550 g/mol. The fourth-order valence-electron chi connectivity index (χ4n) is 5.18. The summed E-state index contributed by atoms with van der Waals surface area (Å²) in [6.07, 6.45) is 0.387. The van der Waals surface area contributed by atoms with Gasteiger partial charge in [0.1, 0.15) is 0 Å². The Kier molecular flexibility index (Phi) is 9.05. The summed E-state index contributed by atoms with van der Waals surface area (Å²) in [5.41, 5.74) is 3.47. The molecule has 42 heavy (non-hydrogen) atoms. The van der Waals surface area contributed by atoms with Gasteiger partial charge in [0.05, 0.1) is 11.8 Å². The lowest BCUT2D eigenvalue weighted by Gasteiger charge is -2.18. The predicted octanol–water partition coefficient (Wildman–Crippen LogP) is 7.54. The molecule has 0 saturated carbocycles. The van der Waals surface area contributed by atoms with Gasteiger partial charge >= 0.3 is 0 Å². The van der Waals surface area contributed by atoms with E-state index in [1.165, 1.54) is 0 Å². The van der Waals surface area contributed by atoms with Crippen molar-refractivity contribution in [2.75, 3.05) is 0 Å². The number of benzene rings is 5. The van der Waals surface area contributed by atoms with Crippen LogP contribution in [0.3, 0.4) is 0 Å². The molecule has 0 aromatic heterocycles. The Morgan fingerprint density at radius 3 is 0.881 bits per heavy atom. The molecule has 0 fully saturated rings. The molecule has 5 rings (SSSR count). The zero-order valence-electron chi connectivity index (χ0n) is 23.1. The van der Waals surface area contributed by atoms with Crippen LogP contribution in [0.5, 0.6) is 0 Å². The number of carbonyl (C=O) groups excluding carboxylic acids is 4. The molecule has 0 unspecified atom stereocenters. The molecule has 0 aliphatic carbocycles. The zero-order valence-corrected chi connectivity index (χ0v) is 23.1. The first-order valence-corrected chi connectivity index (χ1v) is 14.0. The summed E-state index contributed by atoms with van der Waals surface area (Å²) in [5.74, 6) is -2.81. The van der Waals surface area contributed by atoms with E-state index in [1.807, 2.05) is 48.5 Å². The molecule has 0 bridgehead atoms. The van der Waals surface area contributed by atoms with Gasteiger partial charge in [-0.05, 0) is 24.0 Å². The highest BCUT2D eigenvalue weighted by atomic mass is 16.2. The van der Waals surface area contributed by atoms with E-state index in [-0.39, 0.29) is 36.0 Å². The standard InChI is InChI=1S/C38H30O4/c39-35(29-16-5-1-6-17-29)33(36(40)30-18-7-2-8-19-30)25-27-14-13-15-28(24-27)26-34(37(41)31-20-9-3-10-21-31)38(42)32-22-11-4-12-23-32/h1-24,33-34H,25-26H2. The second-order valence-corrected chi connectivity index (χ2v) is 10.3. The van der Waals surface area contributed by atoms with Crippen molar-refractivity contribution >= 4 is 23.1 Å². The Morgan fingerprint density at radius 1 is 0.357 bits per heavy atom. The number of hydrogen-bond donors (Lipinski definition) is 0. The number of hydrogen-bond acceptors (Lipinski definition) is 4. The summed E-state index contributed by atoms with van der Waals surface area (Å²) in [4.78, 5) is 54.4. The molecule has 4 heteroatoms. The molecule has 0 aliphatic rings. The Labute approximate surface area is 245 Å². The minimum Gasteiger partial charge on any atom is -0.293 e. The van der Waals surface area contributed by atoms with Crippen LogP contribution in [0.15, 0.2) is 146 Å². The van der Waals surface area contributed by atoms with Crippen LogP contribution >= 0.6 is 0 Å². The van der Waals surface area contributed by atoms with Crippen LogP contribution < -0.4 is 0 Å². The molecular weight excluding hydrogens is 520 g/mol. The van der Waals surface area contributed by atoms with Crippen molar-refractivity contribution in [3.05, 3.63) is 179 Å². The fourth-order valence-corrected chi connectivity index (χ4v) is 5.18. The lowest BCUT2D eigenvalue weighted by atomic mass is 9.83. The highest BCUT2D eigenvalue weighted by Gasteiger charge is 2.31. The van der Waals surface area contributed by atoms with E-state index in [9.17, 15) is 19.2 Å². The minimum atomic E-state index is -0.919. The first-order valence-electron chi connectivity index (χ1n) is 14.0. The number of rotatable bonds is 12. The van der Waals surface area contributed by atoms with Crippen LogP contribution in [-0.2, 0) is 12.8 Å². The van der Waals surface area contributed by atoms with Gasteiger partial charge in [0, 0.05) is 22.3 Å². The Bertz CT molecular complexity index is 1450. The summed E-state index contributed by atoms with van der Waals surface area (Å²) in [5, 5.41) is 0. The first kappa shape index (κ1) is 28.3. The molecule has 0 heterocycles. The molecule has 206 valence electrons. The smallest absolute Gasteiger partial charge is 0.174 e. The molecule has 5 aromatic carbocycles. The highest BCUT2D eigenvalue weighted by molar-refractivity contribution is 6.17. The molecular formula is C38H30O4. The Balaban J connectivity index is 1.45. The molecule has 5 aromatic rings. The van der Waals surface area contributed by atoms with Crippen LogP contribution in [0.4, 0.5) is 0 Å². The summed E-state index contributed by atoms with van der Waals surface area (Å²) < 4.78 is 0. The van der Waals surface area contributed by atoms with Crippen LogP contribution in [0, 0.1) is 11.8 Å². The molecule has 0 spiro atoms. The van der Waals surface area contributed by atoms with Gasteiger partial charge in [-0.3, -0.25) is 19.2 Å². The van der Waals surface area contributed by atoms with E-state index in [1.54, 1.807) is 97.1 Å². The van der Waals surface area contributed by atoms with E-state index < -0.39 is 11.8 Å². The van der Waals surface area contributed by atoms with Crippen molar-refractivity contribution in [1.29, 1.82) is 0 Å². The normalized spacial score (nSPS) is 10.9. The average Bonchev–Trinajstić information content (AvgIpc) is 3.06. The molecule has 0 radical (unpaired) electrons. The maximum Gasteiger partial charge on any atom is 0.174 e. The van der Waals surface area contributed by atoms with Crippen molar-refractivity contribution in [3.63, 3.8) is 0 Å². The molecule has 0 amide bonds. The van der Waals surface area contributed by atoms with Gasteiger partial charge in [0.15, 0.2) is 23.1 Å². The topological polar surface area (TPSA) is 68.3 Å². The van der Waals surface area contributed by atoms with Gasteiger partial charge in [-0.1, -0.05) is 146 Å². The van der Waals surface area contributed by atoms with Gasteiger partial charge in [-0.15, -0.1) is 0 Å². The largest absolute Gasteiger partial charge is 0.293 e. The molecule has 0 aliphatic heterocycles. The molecule has 0 atom stereocenters. The maximum absolute atomic E-state index is 13.6. The second kappa shape index (κ2) is 13.4. The summed E-state index contributed by atoms with van der Waals surface area (Å²) in [7, 11) is 0. The Morgan fingerprint density at radius 2 is 0.619 bits per heavy atom. The molecule has 0 N–H and O–H groups in total. The lowest BCUT2D eigenvalue weighted by molar-refractivity contribution is 0.0792. The van der Waals surface area contributed by atoms with Crippen molar-refractivity contribution in [2.24, 2.45) is 11.8 Å². The van der Waals surface area contributed by atoms with E-state index >= 15 is 0 Å². The highest BCUT2D eigenvalue weighted by Crippen LogP contribution is 2.24. The zero-order chi connectivity index (χ0) is 29.3. The van der Waals surface area contributed by atoms with E-state index in [0.29, 0.717) is 22.3 Å². The predicted molar refractivity (Wildman–Crippen MR) is 164 cm³/mol. The second-order valence-electron chi connectivity index (χ2n) is 10.3. The quantitative estimate of drug-likeness (QED) is 0.119. The van der Waals surface area contributed by atoms with E-state index in [2.05, 4.69) is 0 Å². The van der Waals surface area contributed by atoms with Crippen LogP contribution in [-0.4, -0.2) is 23.1 Å². The Hall–Kier alpha value is -5.22. The van der Waals surface area contributed by atoms with Gasteiger partial charge in [-0.2, -0.15) is 0 Å². The summed E-state index contributed by atoms with van der Waals surface area (Å²) in [6.45, 7) is 0. The maximum atomic E-state index is 13.6. The van der Waals surface area contributed by atoms with Crippen LogP contribution in [0.1, 0.15) is 52.6 Å². The van der Waals surface area contributed by atoms with Gasteiger partial charge in [0.2, 0.25) is 0 Å². The molecule has 4 nitrogen and oxygen atoms in total. The average molecular weight is 551 g/mol. The lowest BCUT2D eigenvalue weighted by Crippen LogP contribution is -2.27. The minimum absolute atomic E-state index is 0.194. The summed E-state index contributed by atoms with van der Waals surface area (Å²) in [6, 6.07) is 42.9. The number of ketones is 4. The third-order valence-electron chi connectivity index (χ3n) is 7.37. The summed E-state index contributed by atoms with van der Waals surface area (Å²) >= 11 is 0. The van der Waals surface area contributed by atoms with Crippen LogP contribution in [0.25, 0.3) is 0 Å². The van der Waals surface area contributed by atoms with Gasteiger partial charge < -0.3 is 0 Å².